The van der Waals surface area contributed by atoms with Crippen LogP contribution in [0.3, 0.4) is 0 Å². The molecule has 0 saturated heterocycles. The Balaban J connectivity index is 1.60. The van der Waals surface area contributed by atoms with E-state index in [9.17, 15) is 18.4 Å². The minimum absolute atomic E-state index is 0.0501. The quantitative estimate of drug-likeness (QED) is 0.626. The first-order chi connectivity index (χ1) is 15.5. The summed E-state index contributed by atoms with van der Waals surface area (Å²) >= 11 is 0. The highest BCUT2D eigenvalue weighted by atomic mass is 19.1. The van der Waals surface area contributed by atoms with E-state index in [4.69, 9.17) is 9.47 Å². The van der Waals surface area contributed by atoms with Crippen LogP contribution in [-0.4, -0.2) is 25.0 Å². The number of amides is 2. The van der Waals surface area contributed by atoms with Gasteiger partial charge in [-0.25, -0.2) is 13.7 Å². The van der Waals surface area contributed by atoms with Gasteiger partial charge in [0.05, 0.1) is 11.3 Å². The number of carbonyl (C=O) groups excluding carboxylic acids is 2. The first kappa shape index (κ1) is 19.7. The summed E-state index contributed by atoms with van der Waals surface area (Å²) in [6.45, 7) is 0.822. The molecule has 0 saturated carbocycles. The maximum absolute atomic E-state index is 14.5. The third kappa shape index (κ3) is 3.35. The number of rotatable bonds is 4. The average molecular weight is 434 g/mol. The third-order valence-electron chi connectivity index (χ3n) is 5.11. The zero-order chi connectivity index (χ0) is 22.2. The van der Waals surface area contributed by atoms with Gasteiger partial charge in [0.15, 0.2) is 11.5 Å². The molecule has 2 aliphatic rings. The van der Waals surface area contributed by atoms with Crippen LogP contribution in [0, 0.1) is 11.6 Å². The number of carbonyl (C=O) groups is 2. The van der Waals surface area contributed by atoms with Gasteiger partial charge in [0.2, 0.25) is 0 Å². The highest BCUT2D eigenvalue weighted by Gasteiger charge is 2.41. The topological polar surface area (TPSA) is 67.9 Å². The summed E-state index contributed by atoms with van der Waals surface area (Å²) in [5, 5.41) is 2.97. The van der Waals surface area contributed by atoms with Crippen LogP contribution < -0.4 is 19.7 Å². The smallest absolute Gasteiger partial charge is 0.282 e. The Morgan fingerprint density at radius 2 is 1.56 bits per heavy atom. The van der Waals surface area contributed by atoms with Gasteiger partial charge < -0.3 is 14.8 Å². The summed E-state index contributed by atoms with van der Waals surface area (Å²) in [6.07, 6.45) is 0. The number of nitrogens with zero attached hydrogens (tertiary/aromatic N) is 1. The molecule has 5 rings (SSSR count). The fourth-order valence-corrected chi connectivity index (χ4v) is 3.66. The van der Waals surface area contributed by atoms with Crippen LogP contribution in [0.25, 0.3) is 5.57 Å². The average Bonchev–Trinajstić information content (AvgIpc) is 3.05. The summed E-state index contributed by atoms with van der Waals surface area (Å²) in [4.78, 5) is 27.2. The molecule has 0 unspecified atom stereocenters. The van der Waals surface area contributed by atoms with Gasteiger partial charge in [0.25, 0.3) is 11.8 Å². The van der Waals surface area contributed by atoms with Crippen molar-refractivity contribution in [2.75, 3.05) is 23.4 Å². The van der Waals surface area contributed by atoms with E-state index in [1.54, 1.807) is 48.5 Å². The van der Waals surface area contributed by atoms with Gasteiger partial charge >= 0.3 is 0 Å². The summed E-state index contributed by atoms with van der Waals surface area (Å²) in [7, 11) is 0. The third-order valence-corrected chi connectivity index (χ3v) is 5.11. The molecule has 1 N–H and O–H groups in total. The number of anilines is 2. The van der Waals surface area contributed by atoms with Crippen molar-refractivity contribution >= 4 is 28.8 Å². The number of ether oxygens (including phenoxy) is 2. The number of benzene rings is 3. The van der Waals surface area contributed by atoms with Gasteiger partial charge in [-0.15, -0.1) is 0 Å². The Labute approximate surface area is 181 Å². The highest BCUT2D eigenvalue weighted by Crippen LogP contribution is 2.37. The van der Waals surface area contributed by atoms with Crippen molar-refractivity contribution < 1.29 is 27.8 Å². The predicted octanol–water partition coefficient (Wildman–Crippen LogP) is 4.13. The van der Waals surface area contributed by atoms with E-state index >= 15 is 0 Å². The van der Waals surface area contributed by atoms with Crippen LogP contribution >= 0.6 is 0 Å². The lowest BCUT2D eigenvalue weighted by Crippen LogP contribution is -2.33. The van der Waals surface area contributed by atoms with Gasteiger partial charge in [-0.1, -0.05) is 30.3 Å². The lowest BCUT2D eigenvalue weighted by molar-refractivity contribution is -0.120. The number of halogens is 2. The van der Waals surface area contributed by atoms with Crippen molar-refractivity contribution in [2.45, 2.75) is 0 Å². The first-order valence-corrected chi connectivity index (χ1v) is 9.83. The Kier molecular flexibility index (Phi) is 4.82. The molecule has 0 fully saturated rings. The molecule has 2 aliphatic heterocycles. The molecule has 0 atom stereocenters. The molecule has 0 aliphatic carbocycles. The van der Waals surface area contributed by atoms with Gasteiger partial charge in [-0.05, 0) is 29.8 Å². The number of hydrogen-bond acceptors (Lipinski definition) is 5. The van der Waals surface area contributed by atoms with E-state index in [2.05, 4.69) is 5.32 Å². The zero-order valence-corrected chi connectivity index (χ0v) is 16.6. The Morgan fingerprint density at radius 1 is 0.812 bits per heavy atom. The number of fused-ring (bicyclic) bond motifs is 1. The maximum atomic E-state index is 14.5. The summed E-state index contributed by atoms with van der Waals surface area (Å²) < 4.78 is 39.3. The second-order valence-corrected chi connectivity index (χ2v) is 7.14. The number of imide groups is 1. The lowest BCUT2D eigenvalue weighted by Gasteiger charge is -2.19. The van der Waals surface area contributed by atoms with Crippen LogP contribution in [0.15, 0.2) is 72.4 Å². The molecule has 8 heteroatoms. The molecule has 0 aromatic heterocycles. The molecule has 0 spiro atoms. The predicted molar refractivity (Wildman–Crippen MR) is 113 cm³/mol. The molecule has 32 heavy (non-hydrogen) atoms. The molecule has 2 heterocycles. The monoisotopic (exact) mass is 434 g/mol. The molecule has 2 amide bonds. The van der Waals surface area contributed by atoms with Crippen LogP contribution in [0.4, 0.5) is 20.2 Å². The number of hydrogen-bond donors (Lipinski definition) is 1. The molecular formula is C24H16F2N2O4. The lowest BCUT2D eigenvalue weighted by atomic mass is 10.0. The van der Waals surface area contributed by atoms with E-state index in [0.717, 1.165) is 18.2 Å². The Bertz CT molecular complexity index is 1270. The Hall–Kier alpha value is -4.20. The minimum Gasteiger partial charge on any atom is -0.486 e. The van der Waals surface area contributed by atoms with Crippen molar-refractivity contribution in [1.82, 2.24) is 0 Å². The van der Waals surface area contributed by atoms with Gasteiger partial charge in [-0.2, -0.15) is 0 Å². The standard InChI is InChI=1S/C24H16F2N2O4/c25-15-6-8-17(26)18(12-15)28-23(29)21(14-4-2-1-3-5-14)22(24(28)30)27-16-7-9-19-20(13-16)32-11-10-31-19/h1-9,12-13,27H,10-11H2. The van der Waals surface area contributed by atoms with Crippen LogP contribution in [-0.2, 0) is 9.59 Å². The fraction of sp³-hybridized carbons (Fsp3) is 0.0833. The zero-order valence-electron chi connectivity index (χ0n) is 16.6. The van der Waals surface area contributed by atoms with E-state index in [-0.39, 0.29) is 11.3 Å². The molecule has 0 bridgehead atoms. The number of nitrogens with one attached hydrogen (secondary N) is 1. The molecule has 160 valence electrons. The molecular weight excluding hydrogens is 418 g/mol. The molecule has 3 aromatic carbocycles. The summed E-state index contributed by atoms with van der Waals surface area (Å²) in [6, 6.07) is 16.1. The van der Waals surface area contributed by atoms with E-state index in [0.29, 0.717) is 40.9 Å². The fourth-order valence-electron chi connectivity index (χ4n) is 3.66. The molecule has 6 nitrogen and oxygen atoms in total. The normalized spacial score (nSPS) is 15.4. The van der Waals surface area contributed by atoms with Crippen molar-refractivity contribution in [2.24, 2.45) is 0 Å². The van der Waals surface area contributed by atoms with Crippen LogP contribution in [0.2, 0.25) is 0 Å². The second-order valence-electron chi connectivity index (χ2n) is 7.14. The summed E-state index contributed by atoms with van der Waals surface area (Å²) in [5.41, 5.74) is 0.480. The SMILES string of the molecule is O=C1C(Nc2ccc3c(c2)OCCO3)=C(c2ccccc2)C(=O)N1c1cc(F)ccc1F. The van der Waals surface area contributed by atoms with Gasteiger partial charge in [0.1, 0.15) is 30.5 Å². The van der Waals surface area contributed by atoms with Crippen LogP contribution in [0.5, 0.6) is 11.5 Å². The van der Waals surface area contributed by atoms with Crippen molar-refractivity contribution in [1.29, 1.82) is 0 Å². The molecule has 0 radical (unpaired) electrons. The van der Waals surface area contributed by atoms with Gasteiger partial charge in [-0.3, -0.25) is 9.59 Å². The first-order valence-electron chi connectivity index (χ1n) is 9.83. The second kappa shape index (κ2) is 7.81. The highest BCUT2D eigenvalue weighted by molar-refractivity contribution is 6.46. The van der Waals surface area contributed by atoms with E-state index < -0.39 is 29.1 Å². The summed E-state index contributed by atoms with van der Waals surface area (Å²) in [5.74, 6) is -2.15. The Morgan fingerprint density at radius 3 is 2.34 bits per heavy atom. The van der Waals surface area contributed by atoms with Crippen molar-refractivity contribution in [3.8, 4) is 11.5 Å². The maximum Gasteiger partial charge on any atom is 0.282 e. The largest absolute Gasteiger partial charge is 0.486 e. The van der Waals surface area contributed by atoms with Crippen LogP contribution in [0.1, 0.15) is 5.56 Å². The van der Waals surface area contributed by atoms with E-state index in [1.807, 2.05) is 0 Å². The minimum atomic E-state index is -0.888. The van der Waals surface area contributed by atoms with Gasteiger partial charge in [0, 0.05) is 17.8 Å². The van der Waals surface area contributed by atoms with Crippen molar-refractivity contribution in [3.05, 3.63) is 89.6 Å². The van der Waals surface area contributed by atoms with Crippen molar-refractivity contribution in [3.63, 3.8) is 0 Å². The van der Waals surface area contributed by atoms with E-state index in [1.165, 1.54) is 0 Å². The molecule has 3 aromatic rings.